The highest BCUT2D eigenvalue weighted by Gasteiger charge is 2.53. The molecule has 8 heteroatoms. The Morgan fingerprint density at radius 1 is 1.65 bits per heavy atom. The summed E-state index contributed by atoms with van der Waals surface area (Å²) < 4.78 is 20.3. The van der Waals surface area contributed by atoms with E-state index in [0.717, 1.165) is 6.42 Å². The fraction of sp³-hybridized carbons (Fsp3) is 0.467. The molecule has 1 saturated heterocycles. The molecule has 2 heterocycles. The van der Waals surface area contributed by atoms with Gasteiger partial charge in [0.25, 0.3) is 0 Å². The van der Waals surface area contributed by atoms with Gasteiger partial charge in [0.05, 0.1) is 12.7 Å². The summed E-state index contributed by atoms with van der Waals surface area (Å²) in [6, 6.07) is 4.38. The van der Waals surface area contributed by atoms with Crippen molar-refractivity contribution in [2.45, 2.75) is 25.0 Å². The lowest BCUT2D eigenvalue weighted by Gasteiger charge is -2.36. The molecule has 0 aromatic heterocycles. The zero-order valence-electron chi connectivity index (χ0n) is 12.6. The normalized spacial score (nSPS) is 29.7. The molecule has 3 unspecified atom stereocenters. The zero-order chi connectivity index (χ0) is 16.6. The molecule has 3 atom stereocenters. The summed E-state index contributed by atoms with van der Waals surface area (Å²) in [5, 5.41) is 11.5. The van der Waals surface area contributed by atoms with Gasteiger partial charge in [-0.05, 0) is 24.6 Å². The Hall–Kier alpha value is -1.80. The van der Waals surface area contributed by atoms with Crippen molar-refractivity contribution >= 4 is 28.7 Å². The van der Waals surface area contributed by atoms with Gasteiger partial charge in [0.2, 0.25) is 0 Å². The molecule has 1 amide bonds. The van der Waals surface area contributed by atoms with Crippen molar-refractivity contribution in [3.63, 3.8) is 0 Å². The van der Waals surface area contributed by atoms with Crippen LogP contribution >= 0.6 is 11.8 Å². The van der Waals surface area contributed by atoms with Crippen molar-refractivity contribution in [3.8, 4) is 0 Å². The number of carboxylic acid groups (broad SMARTS) is 1. The van der Waals surface area contributed by atoms with E-state index in [4.69, 9.17) is 15.6 Å². The van der Waals surface area contributed by atoms with Gasteiger partial charge in [-0.3, -0.25) is 5.32 Å². The van der Waals surface area contributed by atoms with Crippen LogP contribution < -0.4 is 11.1 Å². The summed E-state index contributed by atoms with van der Waals surface area (Å²) in [5.41, 5.74) is 5.69. The predicted molar refractivity (Wildman–Crippen MR) is 87.1 cm³/mol. The van der Waals surface area contributed by atoms with E-state index in [-0.39, 0.29) is 23.8 Å². The monoisotopic (exact) mass is 339 g/mol. The Morgan fingerprint density at radius 2 is 2.43 bits per heavy atom. The number of fused-ring (bicyclic) bond motifs is 1. The van der Waals surface area contributed by atoms with Gasteiger partial charge in [-0.2, -0.15) is 0 Å². The summed E-state index contributed by atoms with van der Waals surface area (Å²) in [5.74, 6) is 0.161. The fourth-order valence-electron chi connectivity index (χ4n) is 3.28. The van der Waals surface area contributed by atoms with E-state index in [2.05, 4.69) is 10.3 Å². The lowest BCUT2D eigenvalue weighted by atomic mass is 9.78. The van der Waals surface area contributed by atoms with Gasteiger partial charge in [0.1, 0.15) is 11.4 Å². The summed E-state index contributed by atoms with van der Waals surface area (Å²) >= 11 is 1.31. The number of amides is 1. The van der Waals surface area contributed by atoms with E-state index in [1.165, 1.54) is 23.9 Å². The molecule has 4 N–H and O–H groups in total. The van der Waals surface area contributed by atoms with Crippen molar-refractivity contribution in [3.05, 3.63) is 29.6 Å². The number of hydrogen-bond acceptors (Lipinski definition) is 5. The molecule has 1 fully saturated rings. The van der Waals surface area contributed by atoms with Gasteiger partial charge in [0, 0.05) is 22.9 Å². The number of hydrogen-bond donors (Lipinski definition) is 3. The van der Waals surface area contributed by atoms with Gasteiger partial charge in [-0.15, -0.1) is 0 Å². The predicted octanol–water partition coefficient (Wildman–Crippen LogP) is 2.40. The molecule has 0 bridgehead atoms. The molecule has 0 saturated carbocycles. The Morgan fingerprint density at radius 3 is 3.13 bits per heavy atom. The molecule has 124 valence electrons. The number of anilines is 1. The van der Waals surface area contributed by atoms with Crippen molar-refractivity contribution < 1.29 is 19.0 Å². The average molecular weight is 339 g/mol. The average Bonchev–Trinajstić information content (AvgIpc) is 2.88. The van der Waals surface area contributed by atoms with Crippen LogP contribution in [0, 0.1) is 11.7 Å². The second kappa shape index (κ2) is 6.01. The number of nitrogen functional groups attached to an aromatic ring is 1. The summed E-state index contributed by atoms with van der Waals surface area (Å²) in [6.45, 7) is 2.22. The lowest BCUT2D eigenvalue weighted by Crippen LogP contribution is -2.44. The molecular weight excluding hydrogens is 321 g/mol. The molecule has 0 spiro atoms. The fourth-order valence-corrected chi connectivity index (χ4v) is 4.49. The second-order valence-electron chi connectivity index (χ2n) is 5.69. The first kappa shape index (κ1) is 16.1. The molecule has 0 radical (unpaired) electrons. The van der Waals surface area contributed by atoms with Crippen LogP contribution in [0.25, 0.3) is 0 Å². The van der Waals surface area contributed by atoms with E-state index in [9.17, 15) is 9.18 Å². The first-order valence-corrected chi connectivity index (χ1v) is 8.34. The summed E-state index contributed by atoms with van der Waals surface area (Å²) in [6.07, 6.45) is -0.448. The van der Waals surface area contributed by atoms with Crippen molar-refractivity contribution in [1.82, 2.24) is 5.32 Å². The van der Waals surface area contributed by atoms with E-state index in [1.807, 2.05) is 6.92 Å². The molecule has 0 aliphatic carbocycles. The minimum atomic E-state index is -1.19. The maximum Gasteiger partial charge on any atom is 0.410 e. The Balaban J connectivity index is 2.11. The molecule has 6 nitrogen and oxygen atoms in total. The number of thioether (sulfide) groups is 1. The van der Waals surface area contributed by atoms with E-state index < -0.39 is 17.4 Å². The SMILES string of the molecule is CCC1OCC2(c3cc(N)ccc3F)N=C(NC(=O)O)SCC12. The van der Waals surface area contributed by atoms with Gasteiger partial charge in [-0.1, -0.05) is 18.7 Å². The maximum atomic E-state index is 14.5. The molecule has 1 aromatic rings. The van der Waals surface area contributed by atoms with Crippen LogP contribution in [0.5, 0.6) is 0 Å². The van der Waals surface area contributed by atoms with Crippen LogP contribution in [-0.2, 0) is 10.3 Å². The third-order valence-electron chi connectivity index (χ3n) is 4.35. The summed E-state index contributed by atoms with van der Waals surface area (Å²) in [7, 11) is 0. The third-order valence-corrected chi connectivity index (χ3v) is 5.35. The van der Waals surface area contributed by atoms with Crippen LogP contribution in [0.2, 0.25) is 0 Å². The van der Waals surface area contributed by atoms with Gasteiger partial charge < -0.3 is 15.6 Å². The Bertz CT molecular complexity index is 669. The minimum absolute atomic E-state index is 0.0341. The van der Waals surface area contributed by atoms with Crippen LogP contribution in [0.4, 0.5) is 14.9 Å². The lowest BCUT2D eigenvalue weighted by molar-refractivity contribution is 0.0904. The first-order valence-electron chi connectivity index (χ1n) is 7.36. The van der Waals surface area contributed by atoms with Crippen molar-refractivity contribution in [1.29, 1.82) is 0 Å². The van der Waals surface area contributed by atoms with Gasteiger partial charge >= 0.3 is 6.09 Å². The number of amidine groups is 1. The third kappa shape index (κ3) is 2.76. The highest BCUT2D eigenvalue weighted by atomic mass is 32.2. The van der Waals surface area contributed by atoms with E-state index in [0.29, 0.717) is 17.0 Å². The van der Waals surface area contributed by atoms with Crippen LogP contribution in [0.3, 0.4) is 0 Å². The number of aliphatic imine (C=N–C) groups is 1. The van der Waals surface area contributed by atoms with E-state index >= 15 is 0 Å². The largest absolute Gasteiger partial charge is 0.465 e. The first-order chi connectivity index (χ1) is 11.0. The highest BCUT2D eigenvalue weighted by Crippen LogP contribution is 2.49. The number of nitrogens with one attached hydrogen (secondary N) is 1. The number of rotatable bonds is 2. The molecule has 23 heavy (non-hydrogen) atoms. The minimum Gasteiger partial charge on any atom is -0.465 e. The van der Waals surface area contributed by atoms with Crippen LogP contribution in [0.15, 0.2) is 23.2 Å². The maximum absolute atomic E-state index is 14.5. The smallest absolute Gasteiger partial charge is 0.410 e. The van der Waals surface area contributed by atoms with Crippen molar-refractivity contribution in [2.24, 2.45) is 10.9 Å². The molecule has 2 aliphatic heterocycles. The van der Waals surface area contributed by atoms with Crippen molar-refractivity contribution in [2.75, 3.05) is 18.1 Å². The van der Waals surface area contributed by atoms with Gasteiger partial charge in [0.15, 0.2) is 5.17 Å². The summed E-state index contributed by atoms with van der Waals surface area (Å²) in [4.78, 5) is 15.5. The standard InChI is InChI=1S/C15H18FN3O3S/c1-2-12-10-6-23-13(18-14(20)21)19-15(10,7-22-12)9-5-8(17)3-4-11(9)16/h3-5,10,12H,2,6-7,17H2,1H3,(H,18,19)(H,20,21). The molecule has 2 aliphatic rings. The van der Waals surface area contributed by atoms with Crippen LogP contribution in [-0.4, -0.2) is 34.8 Å². The number of nitrogens with two attached hydrogens (primary N) is 1. The quantitative estimate of drug-likeness (QED) is 0.719. The number of nitrogens with zero attached hydrogens (tertiary/aromatic N) is 1. The second-order valence-corrected chi connectivity index (χ2v) is 6.69. The number of benzene rings is 1. The van der Waals surface area contributed by atoms with Gasteiger partial charge in [-0.25, -0.2) is 14.2 Å². The zero-order valence-corrected chi connectivity index (χ0v) is 13.4. The number of carbonyl (C=O) groups is 1. The molecular formula is C15H18FN3O3S. The Kier molecular flexibility index (Phi) is 4.20. The topological polar surface area (TPSA) is 96.9 Å². The van der Waals surface area contributed by atoms with Crippen LogP contribution in [0.1, 0.15) is 18.9 Å². The molecule has 3 rings (SSSR count). The Labute approximate surface area is 137 Å². The molecule has 1 aromatic carbocycles. The number of ether oxygens (including phenoxy) is 1. The highest BCUT2D eigenvalue weighted by molar-refractivity contribution is 8.13. The number of halogens is 1. The van der Waals surface area contributed by atoms with E-state index in [1.54, 1.807) is 6.07 Å².